The molecule has 6 heteroatoms. The van der Waals surface area contributed by atoms with E-state index in [1.807, 2.05) is 19.9 Å². The lowest BCUT2D eigenvalue weighted by atomic mass is 10.0. The van der Waals surface area contributed by atoms with Crippen LogP contribution < -0.4 is 10.6 Å². The number of carbonyl (C=O) groups excluding carboxylic acids is 1. The highest BCUT2D eigenvalue weighted by Crippen LogP contribution is 2.11. The summed E-state index contributed by atoms with van der Waals surface area (Å²) in [6.07, 6.45) is 3.30. The fraction of sp³-hybridized carbons (Fsp3) is 0.600. The van der Waals surface area contributed by atoms with Crippen molar-refractivity contribution < 1.29 is 19.1 Å². The molecule has 0 bridgehead atoms. The molecule has 1 aromatic heterocycles. The minimum absolute atomic E-state index is 0.0860. The zero-order chi connectivity index (χ0) is 15.7. The Morgan fingerprint density at radius 2 is 2.10 bits per heavy atom. The summed E-state index contributed by atoms with van der Waals surface area (Å²) in [5.41, 5.74) is 0. The molecule has 6 nitrogen and oxygen atoms in total. The zero-order valence-electron chi connectivity index (χ0n) is 12.6. The van der Waals surface area contributed by atoms with E-state index in [-0.39, 0.29) is 24.9 Å². The fourth-order valence-corrected chi connectivity index (χ4v) is 1.97. The van der Waals surface area contributed by atoms with E-state index in [9.17, 15) is 9.59 Å². The zero-order valence-corrected chi connectivity index (χ0v) is 12.6. The first-order valence-electron chi connectivity index (χ1n) is 7.24. The SMILES string of the molecule is CC(CCNCC(=O)NC(C)c1ccco1)CCC(=O)O. The van der Waals surface area contributed by atoms with Crippen molar-refractivity contribution in [2.75, 3.05) is 13.1 Å². The molecule has 0 fully saturated rings. The minimum atomic E-state index is -0.763. The van der Waals surface area contributed by atoms with Crippen LogP contribution in [0.2, 0.25) is 0 Å². The van der Waals surface area contributed by atoms with E-state index in [4.69, 9.17) is 9.52 Å². The van der Waals surface area contributed by atoms with Crippen molar-refractivity contribution in [2.24, 2.45) is 5.92 Å². The van der Waals surface area contributed by atoms with Gasteiger partial charge in [-0.3, -0.25) is 9.59 Å². The Morgan fingerprint density at radius 3 is 2.71 bits per heavy atom. The van der Waals surface area contributed by atoms with Gasteiger partial charge in [0, 0.05) is 6.42 Å². The molecule has 1 amide bonds. The number of carbonyl (C=O) groups is 2. The quantitative estimate of drug-likeness (QED) is 0.574. The molecule has 0 aliphatic carbocycles. The van der Waals surface area contributed by atoms with Crippen LogP contribution in [-0.4, -0.2) is 30.1 Å². The van der Waals surface area contributed by atoms with Gasteiger partial charge in [-0.15, -0.1) is 0 Å². The summed E-state index contributed by atoms with van der Waals surface area (Å²) in [7, 11) is 0. The summed E-state index contributed by atoms with van der Waals surface area (Å²) in [6.45, 7) is 4.83. The Hall–Kier alpha value is -1.82. The maximum Gasteiger partial charge on any atom is 0.303 e. The van der Waals surface area contributed by atoms with Crippen LogP contribution in [0.15, 0.2) is 22.8 Å². The molecule has 0 radical (unpaired) electrons. The molecular formula is C15H24N2O4. The van der Waals surface area contributed by atoms with Crippen molar-refractivity contribution in [1.82, 2.24) is 10.6 Å². The van der Waals surface area contributed by atoms with Crippen LogP contribution in [0.3, 0.4) is 0 Å². The predicted molar refractivity (Wildman–Crippen MR) is 78.8 cm³/mol. The maximum absolute atomic E-state index is 11.7. The van der Waals surface area contributed by atoms with E-state index in [1.165, 1.54) is 0 Å². The average Bonchev–Trinajstić information content (AvgIpc) is 2.95. The summed E-state index contributed by atoms with van der Waals surface area (Å²) in [6, 6.07) is 3.46. The Bertz CT molecular complexity index is 431. The topological polar surface area (TPSA) is 91.6 Å². The van der Waals surface area contributed by atoms with Crippen LogP contribution in [0.4, 0.5) is 0 Å². The van der Waals surface area contributed by atoms with Crippen LogP contribution >= 0.6 is 0 Å². The van der Waals surface area contributed by atoms with Crippen LogP contribution in [0, 0.1) is 5.92 Å². The second kappa shape index (κ2) is 9.18. The van der Waals surface area contributed by atoms with E-state index < -0.39 is 5.97 Å². The highest BCUT2D eigenvalue weighted by atomic mass is 16.4. The molecule has 2 atom stereocenters. The third-order valence-corrected chi connectivity index (χ3v) is 3.30. The summed E-state index contributed by atoms with van der Waals surface area (Å²) in [4.78, 5) is 22.2. The van der Waals surface area contributed by atoms with Crippen LogP contribution in [0.25, 0.3) is 0 Å². The number of carboxylic acids is 1. The van der Waals surface area contributed by atoms with Gasteiger partial charge in [0.25, 0.3) is 0 Å². The molecule has 21 heavy (non-hydrogen) atoms. The molecule has 0 saturated carbocycles. The molecule has 0 aromatic carbocycles. The van der Waals surface area contributed by atoms with Crippen molar-refractivity contribution >= 4 is 11.9 Å². The van der Waals surface area contributed by atoms with E-state index in [1.54, 1.807) is 12.3 Å². The van der Waals surface area contributed by atoms with Gasteiger partial charge in [-0.2, -0.15) is 0 Å². The molecule has 1 rings (SSSR count). The fourth-order valence-electron chi connectivity index (χ4n) is 1.97. The number of hydrogen-bond acceptors (Lipinski definition) is 4. The highest BCUT2D eigenvalue weighted by Gasteiger charge is 2.11. The monoisotopic (exact) mass is 296 g/mol. The van der Waals surface area contributed by atoms with Crippen LogP contribution in [0.1, 0.15) is 44.9 Å². The average molecular weight is 296 g/mol. The van der Waals surface area contributed by atoms with E-state index in [2.05, 4.69) is 10.6 Å². The largest absolute Gasteiger partial charge is 0.481 e. The molecule has 1 aromatic rings. The number of amides is 1. The van der Waals surface area contributed by atoms with Gasteiger partial charge in [0.2, 0.25) is 5.91 Å². The lowest BCUT2D eigenvalue weighted by Crippen LogP contribution is -2.35. The van der Waals surface area contributed by atoms with Crippen molar-refractivity contribution in [3.63, 3.8) is 0 Å². The minimum Gasteiger partial charge on any atom is -0.481 e. The Kier molecular flexibility index (Phi) is 7.53. The molecule has 0 aliphatic heterocycles. The van der Waals surface area contributed by atoms with E-state index in [0.717, 1.165) is 12.2 Å². The number of carboxylic acid groups (broad SMARTS) is 1. The van der Waals surface area contributed by atoms with Gasteiger partial charge in [0.1, 0.15) is 5.76 Å². The first-order chi connectivity index (χ1) is 9.99. The van der Waals surface area contributed by atoms with Crippen molar-refractivity contribution in [3.8, 4) is 0 Å². The summed E-state index contributed by atoms with van der Waals surface area (Å²) < 4.78 is 5.22. The van der Waals surface area contributed by atoms with E-state index >= 15 is 0 Å². The number of rotatable bonds is 10. The van der Waals surface area contributed by atoms with Gasteiger partial charge in [-0.05, 0) is 44.4 Å². The summed E-state index contributed by atoms with van der Waals surface area (Å²) in [5.74, 6) is 0.211. The van der Waals surface area contributed by atoms with Crippen molar-refractivity contribution in [2.45, 2.75) is 39.2 Å². The van der Waals surface area contributed by atoms with Crippen molar-refractivity contribution in [1.29, 1.82) is 0 Å². The summed E-state index contributed by atoms with van der Waals surface area (Å²) >= 11 is 0. The predicted octanol–water partition coefficient (Wildman–Crippen LogP) is 1.94. The lowest BCUT2D eigenvalue weighted by Gasteiger charge is -2.13. The number of aliphatic carboxylic acids is 1. The number of furan rings is 1. The molecule has 0 aliphatic rings. The Labute approximate surface area is 124 Å². The van der Waals surface area contributed by atoms with Gasteiger partial charge in [0.15, 0.2) is 0 Å². The molecule has 3 N–H and O–H groups in total. The normalized spacial score (nSPS) is 13.6. The van der Waals surface area contributed by atoms with Crippen LogP contribution in [-0.2, 0) is 9.59 Å². The van der Waals surface area contributed by atoms with Gasteiger partial charge in [0.05, 0.1) is 18.8 Å². The molecule has 0 spiro atoms. The first kappa shape index (κ1) is 17.2. The second-order valence-electron chi connectivity index (χ2n) is 5.31. The van der Waals surface area contributed by atoms with Gasteiger partial charge >= 0.3 is 5.97 Å². The van der Waals surface area contributed by atoms with E-state index in [0.29, 0.717) is 18.9 Å². The summed E-state index contributed by atoms with van der Waals surface area (Å²) in [5, 5.41) is 14.5. The lowest BCUT2D eigenvalue weighted by molar-refractivity contribution is -0.137. The molecular weight excluding hydrogens is 272 g/mol. The maximum atomic E-state index is 11.7. The smallest absolute Gasteiger partial charge is 0.303 e. The Balaban J connectivity index is 2.09. The first-order valence-corrected chi connectivity index (χ1v) is 7.24. The van der Waals surface area contributed by atoms with Crippen molar-refractivity contribution in [3.05, 3.63) is 24.2 Å². The third kappa shape index (κ3) is 7.51. The molecule has 0 saturated heterocycles. The highest BCUT2D eigenvalue weighted by molar-refractivity contribution is 5.78. The molecule has 2 unspecified atom stereocenters. The Morgan fingerprint density at radius 1 is 1.33 bits per heavy atom. The van der Waals surface area contributed by atoms with Gasteiger partial charge < -0.3 is 20.2 Å². The number of nitrogens with one attached hydrogen (secondary N) is 2. The standard InChI is InChI=1S/C15H24N2O4/c1-11(5-6-15(19)20)7-8-16-10-14(18)17-12(2)13-4-3-9-21-13/h3-4,9,11-12,16H,5-8,10H2,1-2H3,(H,17,18)(H,19,20). The third-order valence-electron chi connectivity index (χ3n) is 3.30. The second-order valence-corrected chi connectivity index (χ2v) is 5.31. The molecule has 1 heterocycles. The molecule has 118 valence electrons. The van der Waals surface area contributed by atoms with Gasteiger partial charge in [-0.25, -0.2) is 0 Å². The van der Waals surface area contributed by atoms with Crippen LogP contribution in [0.5, 0.6) is 0 Å². The van der Waals surface area contributed by atoms with Gasteiger partial charge in [-0.1, -0.05) is 6.92 Å². The number of hydrogen-bond donors (Lipinski definition) is 3.